The molecule has 1 aromatic rings. The average Bonchev–Trinajstić information content (AvgIpc) is 3.13. The van der Waals surface area contributed by atoms with Gasteiger partial charge in [0.25, 0.3) is 5.91 Å². The van der Waals surface area contributed by atoms with E-state index in [1.54, 1.807) is 7.11 Å². The minimum absolute atomic E-state index is 0.0245. The van der Waals surface area contributed by atoms with Gasteiger partial charge >= 0.3 is 0 Å². The van der Waals surface area contributed by atoms with E-state index >= 15 is 0 Å². The van der Waals surface area contributed by atoms with Crippen LogP contribution in [0.3, 0.4) is 0 Å². The van der Waals surface area contributed by atoms with Gasteiger partial charge in [-0.2, -0.15) is 0 Å². The van der Waals surface area contributed by atoms with Crippen LogP contribution in [0.25, 0.3) is 0 Å². The first-order valence-electron chi connectivity index (χ1n) is 19.9. The summed E-state index contributed by atoms with van der Waals surface area (Å²) >= 11 is 0. The number of benzene rings is 1. The highest BCUT2D eigenvalue weighted by Crippen LogP contribution is 2.30. The van der Waals surface area contributed by atoms with Gasteiger partial charge in [0.05, 0.1) is 18.2 Å². The summed E-state index contributed by atoms with van der Waals surface area (Å²) in [5.74, 6) is -0.696. The first kappa shape index (κ1) is 43.8. The number of carbonyl (C=O) groups is 3. The Morgan fingerprint density at radius 1 is 1.00 bits per heavy atom. The number of likely N-dealkylation sites (tertiary alicyclic amines) is 1. The first-order valence-corrected chi connectivity index (χ1v) is 19.9. The van der Waals surface area contributed by atoms with E-state index in [0.717, 1.165) is 44.1 Å². The van der Waals surface area contributed by atoms with Crippen molar-refractivity contribution in [2.24, 2.45) is 23.5 Å². The van der Waals surface area contributed by atoms with Gasteiger partial charge in [0.15, 0.2) is 0 Å². The molecule has 0 aromatic heterocycles. The van der Waals surface area contributed by atoms with E-state index in [2.05, 4.69) is 17.6 Å². The fourth-order valence-corrected chi connectivity index (χ4v) is 7.40. The number of aliphatic hydroxyl groups excluding tert-OH is 1. The molecule has 11 heteroatoms. The van der Waals surface area contributed by atoms with Crippen LogP contribution >= 0.6 is 0 Å². The molecule has 2 aliphatic rings. The highest BCUT2D eigenvalue weighted by atomic mass is 16.7. The quantitative estimate of drug-likeness (QED) is 0.120. The molecule has 5 N–H and O–H groups in total. The van der Waals surface area contributed by atoms with Crippen molar-refractivity contribution in [3.05, 3.63) is 35.9 Å². The molecule has 0 bridgehead atoms. The fraction of sp³-hybridized carbons (Fsp3) is 0.780. The van der Waals surface area contributed by atoms with Crippen molar-refractivity contribution < 1.29 is 33.7 Å². The largest absolute Gasteiger partial charge is 0.391 e. The van der Waals surface area contributed by atoms with Crippen LogP contribution in [0.2, 0.25) is 0 Å². The highest BCUT2D eigenvalue weighted by molar-refractivity contribution is 5.84. The molecule has 1 aliphatic heterocycles. The molecule has 1 saturated heterocycles. The fourth-order valence-electron chi connectivity index (χ4n) is 7.40. The molecule has 0 spiro atoms. The maximum Gasteiger partial charge on any atom is 0.252 e. The van der Waals surface area contributed by atoms with E-state index in [1.165, 1.54) is 6.42 Å². The second kappa shape index (κ2) is 22.6. The number of rotatable bonds is 22. The number of nitrogens with two attached hydrogens (primary N) is 1. The Labute approximate surface area is 313 Å². The number of aliphatic hydroxyl groups is 1. The lowest BCUT2D eigenvalue weighted by molar-refractivity contribution is -0.157. The predicted molar refractivity (Wildman–Crippen MR) is 204 cm³/mol. The molecular formula is C41H70N4O7. The van der Waals surface area contributed by atoms with Crippen LogP contribution in [0, 0.1) is 17.8 Å². The number of carbonyl (C=O) groups excluding carboxylic acids is 3. The maximum atomic E-state index is 14.3. The molecule has 1 aromatic carbocycles. The molecule has 2 fully saturated rings. The third kappa shape index (κ3) is 15.4. The van der Waals surface area contributed by atoms with Gasteiger partial charge in [-0.25, -0.2) is 0 Å². The minimum atomic E-state index is -0.940. The molecule has 1 aliphatic carbocycles. The van der Waals surface area contributed by atoms with Crippen LogP contribution in [0.15, 0.2) is 30.3 Å². The number of methoxy groups -OCH3 is 1. The summed E-state index contributed by atoms with van der Waals surface area (Å²) in [6, 6.07) is 9.21. The molecule has 1 heterocycles. The van der Waals surface area contributed by atoms with E-state index in [1.807, 2.05) is 62.9 Å². The van der Waals surface area contributed by atoms with Gasteiger partial charge < -0.3 is 40.6 Å². The van der Waals surface area contributed by atoms with Crippen molar-refractivity contribution in [2.45, 2.75) is 154 Å². The molecular weight excluding hydrogens is 660 g/mol. The second-order valence-corrected chi connectivity index (χ2v) is 16.3. The third-order valence-electron chi connectivity index (χ3n) is 10.6. The van der Waals surface area contributed by atoms with Crippen molar-refractivity contribution in [2.75, 3.05) is 33.5 Å². The third-order valence-corrected chi connectivity index (χ3v) is 10.6. The summed E-state index contributed by atoms with van der Waals surface area (Å²) in [7, 11) is 1.60. The smallest absolute Gasteiger partial charge is 0.252 e. The zero-order chi connectivity index (χ0) is 38.1. The van der Waals surface area contributed by atoms with Crippen LogP contribution in [0.4, 0.5) is 0 Å². The van der Waals surface area contributed by atoms with Gasteiger partial charge in [-0.1, -0.05) is 96.0 Å². The zero-order valence-corrected chi connectivity index (χ0v) is 32.9. The van der Waals surface area contributed by atoms with E-state index in [-0.39, 0.29) is 43.0 Å². The van der Waals surface area contributed by atoms with Crippen molar-refractivity contribution >= 4 is 17.7 Å². The Bertz CT molecular complexity index is 1180. The van der Waals surface area contributed by atoms with Crippen molar-refractivity contribution in [1.29, 1.82) is 0 Å². The molecule has 3 rings (SSSR count). The molecule has 11 nitrogen and oxygen atoms in total. The summed E-state index contributed by atoms with van der Waals surface area (Å²) < 4.78 is 17.4. The highest BCUT2D eigenvalue weighted by Gasteiger charge is 2.36. The lowest BCUT2D eigenvalue weighted by atomic mass is 9.81. The molecule has 0 radical (unpaired) electrons. The van der Waals surface area contributed by atoms with Crippen LogP contribution in [-0.2, 0) is 35.0 Å². The van der Waals surface area contributed by atoms with E-state index < -0.39 is 35.8 Å². The molecule has 5 atom stereocenters. The minimum Gasteiger partial charge on any atom is -0.391 e. The van der Waals surface area contributed by atoms with E-state index in [9.17, 15) is 19.5 Å². The normalized spacial score (nSPS) is 19.1. The Morgan fingerprint density at radius 2 is 1.67 bits per heavy atom. The summed E-state index contributed by atoms with van der Waals surface area (Å²) in [4.78, 5) is 43.6. The Hall–Kier alpha value is -2.57. The SMILES string of the molecule is CCCC[C@H](O[C@@H](Cc1ccccc1)C(=O)N1CCC(OCOC)CC1)C(=O)N[C@@H](CC1CCCCC1)[C@@H](O)C[C@H](C(=O)NCC(C)(C)N)C(C)C. The molecule has 3 amide bonds. The zero-order valence-electron chi connectivity index (χ0n) is 32.9. The lowest BCUT2D eigenvalue weighted by Gasteiger charge is -2.36. The summed E-state index contributed by atoms with van der Waals surface area (Å²) in [6.07, 6.45) is 7.57. The molecule has 0 unspecified atom stereocenters. The van der Waals surface area contributed by atoms with E-state index in [0.29, 0.717) is 57.7 Å². The van der Waals surface area contributed by atoms with Crippen molar-refractivity contribution in [3.63, 3.8) is 0 Å². The summed E-state index contributed by atoms with van der Waals surface area (Å²) in [5, 5.41) is 18.0. The number of nitrogens with one attached hydrogen (secondary N) is 2. The molecule has 296 valence electrons. The number of amides is 3. The van der Waals surface area contributed by atoms with Gasteiger partial charge in [0.1, 0.15) is 19.0 Å². The van der Waals surface area contributed by atoms with Crippen LogP contribution in [0.5, 0.6) is 0 Å². The summed E-state index contributed by atoms with van der Waals surface area (Å²) in [6.45, 7) is 11.4. The molecule has 52 heavy (non-hydrogen) atoms. The average molecular weight is 731 g/mol. The van der Waals surface area contributed by atoms with Crippen LogP contribution in [-0.4, -0.2) is 97.3 Å². The predicted octanol–water partition coefficient (Wildman–Crippen LogP) is 5.12. The first-order chi connectivity index (χ1) is 24.8. The number of nitrogens with zero attached hydrogens (tertiary/aromatic N) is 1. The van der Waals surface area contributed by atoms with Crippen LogP contribution < -0.4 is 16.4 Å². The number of piperidine rings is 1. The van der Waals surface area contributed by atoms with Gasteiger partial charge in [-0.05, 0) is 63.4 Å². The van der Waals surface area contributed by atoms with Gasteiger partial charge in [0.2, 0.25) is 11.8 Å². The second-order valence-electron chi connectivity index (χ2n) is 16.3. The van der Waals surface area contributed by atoms with Crippen molar-refractivity contribution in [1.82, 2.24) is 15.5 Å². The topological polar surface area (TPSA) is 152 Å². The van der Waals surface area contributed by atoms with E-state index in [4.69, 9.17) is 19.9 Å². The number of hydrogen-bond acceptors (Lipinski definition) is 8. The Balaban J connectivity index is 1.82. The van der Waals surface area contributed by atoms with Crippen molar-refractivity contribution in [3.8, 4) is 0 Å². The Kier molecular flexibility index (Phi) is 19.1. The maximum absolute atomic E-state index is 14.3. The Morgan fingerprint density at radius 3 is 2.27 bits per heavy atom. The standard InChI is InChI=1S/C41H70N4O7/c1-7-8-19-36(52-37(25-31-17-13-10-14-18-31)40(49)45-22-20-32(21-23-45)51-28-50-6)39(48)44-34(24-30-15-11-9-12-16-30)35(46)26-33(29(2)3)38(47)43-27-41(4,5)42/h10,13-14,17-18,29-30,32-37,46H,7-9,11-12,15-16,19-28,42H2,1-6H3,(H,43,47)(H,44,48)/t33-,34-,35-,36-,37-/m0/s1. The van der Waals surface area contributed by atoms with Crippen LogP contribution in [0.1, 0.15) is 117 Å². The number of ether oxygens (including phenoxy) is 3. The number of hydrogen-bond donors (Lipinski definition) is 4. The van der Waals surface area contributed by atoms with Gasteiger partial charge in [-0.3, -0.25) is 14.4 Å². The molecule has 1 saturated carbocycles. The monoisotopic (exact) mass is 731 g/mol. The summed E-state index contributed by atoms with van der Waals surface area (Å²) in [5.41, 5.74) is 6.53. The lowest BCUT2D eigenvalue weighted by Crippen LogP contribution is -2.53. The van der Waals surface area contributed by atoms with Gasteiger partial charge in [-0.15, -0.1) is 0 Å². The number of unbranched alkanes of at least 4 members (excludes halogenated alkanes) is 1. The van der Waals surface area contributed by atoms with Gasteiger partial charge in [0, 0.05) is 44.6 Å².